The molecule has 0 unspecified atom stereocenters. The van der Waals surface area contributed by atoms with Crippen LogP contribution in [-0.2, 0) is 19.8 Å². The smallest absolute Gasteiger partial charge is 0.416 e. The van der Waals surface area contributed by atoms with Crippen LogP contribution in [0.5, 0.6) is 5.75 Å². The Morgan fingerprint density at radius 1 is 0.953 bits per heavy atom. The van der Waals surface area contributed by atoms with Crippen molar-refractivity contribution in [2.75, 3.05) is 43.9 Å². The molecule has 5 rings (SSSR count). The van der Waals surface area contributed by atoms with Gasteiger partial charge in [0.25, 0.3) is 11.8 Å². The van der Waals surface area contributed by atoms with E-state index in [0.29, 0.717) is 24.5 Å². The zero-order chi connectivity index (χ0) is 30.6. The number of carbonyl (C=O) groups is 2. The van der Waals surface area contributed by atoms with Crippen LogP contribution in [0.3, 0.4) is 0 Å². The van der Waals surface area contributed by atoms with E-state index >= 15 is 0 Å². The highest BCUT2D eigenvalue weighted by Crippen LogP contribution is 2.35. The second kappa shape index (κ2) is 12.7. The second-order valence-electron chi connectivity index (χ2n) is 10.2. The third kappa shape index (κ3) is 7.22. The number of carbonyl (C=O) groups excluding carboxylic acids is 2. The number of aromatic nitrogens is 2. The largest absolute Gasteiger partial charge is 0.496 e. The van der Waals surface area contributed by atoms with E-state index in [1.165, 1.54) is 31.4 Å². The number of piperazine rings is 1. The number of aryl methyl sites for hydroxylation is 1. The normalized spacial score (nSPS) is 13.9. The van der Waals surface area contributed by atoms with Crippen molar-refractivity contribution in [3.8, 4) is 16.9 Å². The maximum Gasteiger partial charge on any atom is 0.416 e. The van der Waals surface area contributed by atoms with Gasteiger partial charge in [0.15, 0.2) is 0 Å². The molecule has 0 aliphatic carbocycles. The van der Waals surface area contributed by atoms with Gasteiger partial charge in [0.2, 0.25) is 0 Å². The number of hydrogen-bond donors (Lipinski definition) is 3. The highest BCUT2D eigenvalue weighted by molar-refractivity contribution is 6.08. The third-order valence-electron chi connectivity index (χ3n) is 7.14. The van der Waals surface area contributed by atoms with Crippen molar-refractivity contribution < 1.29 is 27.5 Å². The van der Waals surface area contributed by atoms with Crippen LogP contribution >= 0.6 is 0 Å². The van der Waals surface area contributed by atoms with Crippen LogP contribution < -0.4 is 20.7 Å². The van der Waals surface area contributed by atoms with Crippen LogP contribution in [0.15, 0.2) is 73.1 Å². The molecular formula is C31H31F3N6O3. The monoisotopic (exact) mass is 592 g/mol. The van der Waals surface area contributed by atoms with E-state index in [1.54, 1.807) is 41.2 Å². The van der Waals surface area contributed by atoms with E-state index in [1.807, 2.05) is 18.1 Å². The Bertz CT molecular complexity index is 1630. The van der Waals surface area contributed by atoms with Gasteiger partial charge in [-0.2, -0.15) is 18.3 Å². The summed E-state index contributed by atoms with van der Waals surface area (Å²) in [5, 5.41) is 12.7. The fourth-order valence-electron chi connectivity index (χ4n) is 4.93. The first kappa shape index (κ1) is 29.8. The molecule has 2 amide bonds. The zero-order valence-electron chi connectivity index (χ0n) is 23.7. The van der Waals surface area contributed by atoms with Gasteiger partial charge in [0, 0.05) is 68.5 Å². The lowest BCUT2D eigenvalue weighted by molar-refractivity contribution is -0.138. The summed E-state index contributed by atoms with van der Waals surface area (Å²) in [7, 11) is 3.27. The number of halogens is 3. The maximum atomic E-state index is 13.9. The van der Waals surface area contributed by atoms with E-state index in [4.69, 9.17) is 4.74 Å². The first-order chi connectivity index (χ1) is 20.6. The summed E-state index contributed by atoms with van der Waals surface area (Å²) in [6.07, 6.45) is -1.03. The third-order valence-corrected chi connectivity index (χ3v) is 7.14. The van der Waals surface area contributed by atoms with E-state index in [9.17, 15) is 22.8 Å². The van der Waals surface area contributed by atoms with Crippen LogP contribution in [-0.4, -0.2) is 59.8 Å². The van der Waals surface area contributed by atoms with Crippen LogP contribution in [0.25, 0.3) is 11.1 Å². The van der Waals surface area contributed by atoms with Gasteiger partial charge in [-0.05, 0) is 53.6 Å². The lowest BCUT2D eigenvalue weighted by Gasteiger charge is -2.28. The summed E-state index contributed by atoms with van der Waals surface area (Å²) in [6.45, 7) is 2.93. The van der Waals surface area contributed by atoms with E-state index in [-0.39, 0.29) is 28.9 Å². The van der Waals surface area contributed by atoms with Crippen molar-refractivity contribution in [1.29, 1.82) is 0 Å². The summed E-state index contributed by atoms with van der Waals surface area (Å²) in [5.41, 5.74) is 1.86. The molecule has 3 N–H and O–H groups in total. The summed E-state index contributed by atoms with van der Waals surface area (Å²) in [4.78, 5) is 28.1. The minimum Gasteiger partial charge on any atom is -0.496 e. The summed E-state index contributed by atoms with van der Waals surface area (Å²) in [5.74, 6) is -0.715. The first-order valence-corrected chi connectivity index (χ1v) is 13.6. The van der Waals surface area contributed by atoms with E-state index in [2.05, 4.69) is 21.0 Å². The van der Waals surface area contributed by atoms with Crippen molar-refractivity contribution in [1.82, 2.24) is 20.0 Å². The van der Waals surface area contributed by atoms with Crippen LogP contribution in [0.1, 0.15) is 31.8 Å². The standard InChI is InChI=1S/C31H31F3N6O3/c1-39-18-23(17-36-39)20-7-9-26(28(15-20)43-2)30(42)38-24-5-3-4-21(14-24)29(41)37-25-8-6-22(27(16-25)31(32,33)34)19-40-12-10-35-11-13-40/h3-9,14-18,35H,10-13,19H2,1-2H3,(H,37,41)(H,38,42). The number of rotatable bonds is 8. The van der Waals surface area contributed by atoms with Gasteiger partial charge in [-0.15, -0.1) is 0 Å². The average molecular weight is 593 g/mol. The number of methoxy groups -OCH3 is 1. The summed E-state index contributed by atoms with van der Waals surface area (Å²) >= 11 is 0. The molecule has 224 valence electrons. The Morgan fingerprint density at radius 3 is 2.40 bits per heavy atom. The molecule has 9 nitrogen and oxygen atoms in total. The number of nitrogens with one attached hydrogen (secondary N) is 3. The molecule has 1 fully saturated rings. The van der Waals surface area contributed by atoms with Crippen molar-refractivity contribution in [2.24, 2.45) is 7.05 Å². The molecule has 1 saturated heterocycles. The van der Waals surface area contributed by atoms with Crippen LogP contribution in [0, 0.1) is 0 Å². The maximum absolute atomic E-state index is 13.9. The molecule has 0 bridgehead atoms. The number of alkyl halides is 3. The zero-order valence-corrected chi connectivity index (χ0v) is 23.7. The fourth-order valence-corrected chi connectivity index (χ4v) is 4.93. The summed E-state index contributed by atoms with van der Waals surface area (Å²) < 4.78 is 48.9. The van der Waals surface area contributed by atoms with Crippen LogP contribution in [0.4, 0.5) is 24.5 Å². The van der Waals surface area contributed by atoms with Crippen molar-refractivity contribution in [3.63, 3.8) is 0 Å². The first-order valence-electron chi connectivity index (χ1n) is 13.6. The van der Waals surface area contributed by atoms with Gasteiger partial charge in [-0.3, -0.25) is 19.2 Å². The lowest BCUT2D eigenvalue weighted by Crippen LogP contribution is -2.43. The molecule has 4 aromatic rings. The molecule has 0 radical (unpaired) electrons. The Labute approximate surface area is 246 Å². The van der Waals surface area contributed by atoms with E-state index in [0.717, 1.165) is 30.3 Å². The molecule has 0 saturated carbocycles. The molecule has 0 spiro atoms. The minimum atomic E-state index is -4.58. The van der Waals surface area contributed by atoms with Crippen LogP contribution in [0.2, 0.25) is 0 Å². The Morgan fingerprint density at radius 2 is 1.70 bits per heavy atom. The van der Waals surface area contributed by atoms with Crippen molar-refractivity contribution >= 4 is 23.2 Å². The number of hydrogen-bond acceptors (Lipinski definition) is 6. The van der Waals surface area contributed by atoms with E-state index < -0.39 is 23.6 Å². The average Bonchev–Trinajstić information content (AvgIpc) is 3.44. The highest BCUT2D eigenvalue weighted by atomic mass is 19.4. The topological polar surface area (TPSA) is 101 Å². The SMILES string of the molecule is COc1cc(-c2cnn(C)c2)ccc1C(=O)Nc1cccc(C(=O)Nc2ccc(CN3CCNCC3)c(C(F)(F)F)c2)c1. The quantitative estimate of drug-likeness (QED) is 0.266. The molecular weight excluding hydrogens is 561 g/mol. The number of amides is 2. The molecule has 1 aliphatic rings. The molecule has 2 heterocycles. The highest BCUT2D eigenvalue weighted by Gasteiger charge is 2.34. The summed E-state index contributed by atoms with van der Waals surface area (Å²) in [6, 6.07) is 15.1. The predicted octanol–water partition coefficient (Wildman–Crippen LogP) is 5.02. The van der Waals surface area contributed by atoms with Gasteiger partial charge < -0.3 is 20.7 Å². The van der Waals surface area contributed by atoms with Crippen molar-refractivity contribution in [2.45, 2.75) is 12.7 Å². The second-order valence-corrected chi connectivity index (χ2v) is 10.2. The molecule has 43 heavy (non-hydrogen) atoms. The minimum absolute atomic E-state index is 0.0225. The Hall–Kier alpha value is -4.68. The number of anilines is 2. The lowest BCUT2D eigenvalue weighted by atomic mass is 10.0. The number of nitrogens with zero attached hydrogens (tertiary/aromatic N) is 3. The van der Waals surface area contributed by atoms with Gasteiger partial charge in [0.05, 0.1) is 24.4 Å². The Kier molecular flexibility index (Phi) is 8.78. The van der Waals surface area contributed by atoms with Crippen molar-refractivity contribution in [3.05, 3.63) is 95.3 Å². The molecule has 1 aliphatic heterocycles. The fraction of sp³-hybridized carbons (Fsp3) is 0.258. The molecule has 3 aromatic carbocycles. The van der Waals surface area contributed by atoms with Gasteiger partial charge >= 0.3 is 6.18 Å². The predicted molar refractivity (Wildman–Crippen MR) is 157 cm³/mol. The van der Waals surface area contributed by atoms with Gasteiger partial charge in [0.1, 0.15) is 5.75 Å². The molecule has 1 aromatic heterocycles. The number of benzene rings is 3. The van der Waals surface area contributed by atoms with Gasteiger partial charge in [-0.25, -0.2) is 0 Å². The Balaban J connectivity index is 1.29. The number of ether oxygens (including phenoxy) is 1. The molecule has 0 atom stereocenters. The van der Waals surface area contributed by atoms with Gasteiger partial charge in [-0.1, -0.05) is 18.2 Å². The molecule has 12 heteroatoms.